The molecule has 0 radical (unpaired) electrons. The summed E-state index contributed by atoms with van der Waals surface area (Å²) < 4.78 is 4.63. The topological polar surface area (TPSA) is 47.9 Å². The Bertz CT molecular complexity index is 269. The largest absolute Gasteiger partial charge is 0.466 e. The summed E-state index contributed by atoms with van der Waals surface area (Å²) >= 11 is 0. The standard InChI is InChI=1S/C11H17NO3/c1-14-11(13)10-7-9(12-15-10)8-5-3-2-4-6-8/h8,10H,2-7H2,1H3. The lowest BCUT2D eigenvalue weighted by molar-refractivity contribution is -0.152. The third-order valence-electron chi connectivity index (χ3n) is 3.23. The number of carbonyl (C=O) groups excluding carboxylic acids is 1. The average molecular weight is 211 g/mol. The Labute approximate surface area is 89.6 Å². The predicted octanol–water partition coefficient (Wildman–Crippen LogP) is 1.88. The van der Waals surface area contributed by atoms with Crippen molar-refractivity contribution >= 4 is 11.7 Å². The fourth-order valence-electron chi connectivity index (χ4n) is 2.33. The van der Waals surface area contributed by atoms with Crippen LogP contribution in [0.4, 0.5) is 0 Å². The molecular weight excluding hydrogens is 194 g/mol. The van der Waals surface area contributed by atoms with Gasteiger partial charge in [-0.2, -0.15) is 0 Å². The van der Waals surface area contributed by atoms with Crippen LogP contribution in [0.2, 0.25) is 0 Å². The van der Waals surface area contributed by atoms with Gasteiger partial charge in [-0.15, -0.1) is 0 Å². The highest BCUT2D eigenvalue weighted by atomic mass is 16.7. The molecule has 0 amide bonds. The third-order valence-corrected chi connectivity index (χ3v) is 3.23. The van der Waals surface area contributed by atoms with Crippen LogP contribution in [0.25, 0.3) is 0 Å². The molecule has 0 N–H and O–H groups in total. The second kappa shape index (κ2) is 4.64. The van der Waals surface area contributed by atoms with E-state index in [1.165, 1.54) is 39.2 Å². The quantitative estimate of drug-likeness (QED) is 0.655. The fraction of sp³-hybridized carbons (Fsp3) is 0.818. The SMILES string of the molecule is COC(=O)C1CC(C2CCCCC2)=NO1. The van der Waals surface area contributed by atoms with Gasteiger partial charge in [-0.05, 0) is 12.8 Å². The number of methoxy groups -OCH3 is 1. The Morgan fingerprint density at radius 1 is 1.40 bits per heavy atom. The molecule has 0 aromatic heterocycles. The highest BCUT2D eigenvalue weighted by Crippen LogP contribution is 2.29. The van der Waals surface area contributed by atoms with Crippen LogP contribution >= 0.6 is 0 Å². The Morgan fingerprint density at radius 2 is 2.13 bits per heavy atom. The molecule has 0 aromatic rings. The van der Waals surface area contributed by atoms with Gasteiger partial charge in [-0.25, -0.2) is 4.79 Å². The summed E-state index contributed by atoms with van der Waals surface area (Å²) in [5.41, 5.74) is 1.06. The number of hydrogen-bond acceptors (Lipinski definition) is 4. The monoisotopic (exact) mass is 211 g/mol. The first kappa shape index (κ1) is 10.5. The summed E-state index contributed by atoms with van der Waals surface area (Å²) in [6.07, 6.45) is 6.38. The lowest BCUT2D eigenvalue weighted by Crippen LogP contribution is -2.24. The third kappa shape index (κ3) is 2.30. The van der Waals surface area contributed by atoms with E-state index in [2.05, 4.69) is 9.89 Å². The minimum absolute atomic E-state index is 0.315. The molecular formula is C11H17NO3. The molecule has 1 aliphatic carbocycles. The summed E-state index contributed by atoms with van der Waals surface area (Å²) in [7, 11) is 1.38. The molecule has 1 saturated carbocycles. The number of ether oxygens (including phenoxy) is 1. The van der Waals surface area contributed by atoms with Crippen LogP contribution in [0.15, 0.2) is 5.16 Å². The van der Waals surface area contributed by atoms with Crippen molar-refractivity contribution < 1.29 is 14.4 Å². The fourth-order valence-corrected chi connectivity index (χ4v) is 2.33. The van der Waals surface area contributed by atoms with Gasteiger partial charge >= 0.3 is 5.97 Å². The van der Waals surface area contributed by atoms with E-state index < -0.39 is 6.10 Å². The zero-order valence-electron chi connectivity index (χ0n) is 9.07. The first-order valence-corrected chi connectivity index (χ1v) is 5.61. The molecule has 1 atom stereocenters. The first-order valence-electron chi connectivity index (χ1n) is 5.61. The molecule has 4 nitrogen and oxygen atoms in total. The highest BCUT2D eigenvalue weighted by molar-refractivity contribution is 5.92. The van der Waals surface area contributed by atoms with E-state index in [0.29, 0.717) is 12.3 Å². The minimum atomic E-state index is -0.494. The Kier molecular flexibility index (Phi) is 3.23. The molecule has 2 rings (SSSR count). The van der Waals surface area contributed by atoms with Gasteiger partial charge in [0.05, 0.1) is 12.8 Å². The van der Waals surface area contributed by atoms with Gasteiger partial charge in [0.2, 0.25) is 6.10 Å². The van der Waals surface area contributed by atoms with Gasteiger partial charge in [0, 0.05) is 12.3 Å². The molecule has 4 heteroatoms. The molecule has 0 spiro atoms. The first-order chi connectivity index (χ1) is 7.31. The zero-order valence-corrected chi connectivity index (χ0v) is 9.07. The van der Waals surface area contributed by atoms with Crippen LogP contribution in [-0.2, 0) is 14.4 Å². The molecule has 1 unspecified atom stereocenters. The Morgan fingerprint density at radius 3 is 2.80 bits per heavy atom. The van der Waals surface area contributed by atoms with Crippen molar-refractivity contribution in [3.8, 4) is 0 Å². The maximum atomic E-state index is 11.2. The van der Waals surface area contributed by atoms with Crippen LogP contribution in [0.1, 0.15) is 38.5 Å². The van der Waals surface area contributed by atoms with E-state index in [1.807, 2.05) is 0 Å². The van der Waals surface area contributed by atoms with Crippen molar-refractivity contribution in [1.29, 1.82) is 0 Å². The highest BCUT2D eigenvalue weighted by Gasteiger charge is 2.32. The van der Waals surface area contributed by atoms with Gasteiger partial charge in [0.1, 0.15) is 0 Å². The minimum Gasteiger partial charge on any atom is -0.466 e. The zero-order chi connectivity index (χ0) is 10.7. The van der Waals surface area contributed by atoms with E-state index in [-0.39, 0.29) is 5.97 Å². The van der Waals surface area contributed by atoms with E-state index in [4.69, 9.17) is 4.84 Å². The maximum absolute atomic E-state index is 11.2. The molecule has 0 bridgehead atoms. The van der Waals surface area contributed by atoms with Crippen LogP contribution in [0.3, 0.4) is 0 Å². The van der Waals surface area contributed by atoms with Crippen molar-refractivity contribution in [2.45, 2.75) is 44.6 Å². The number of hydrogen-bond donors (Lipinski definition) is 0. The van der Waals surface area contributed by atoms with Gasteiger partial charge in [-0.1, -0.05) is 24.4 Å². The van der Waals surface area contributed by atoms with Crippen molar-refractivity contribution in [3.05, 3.63) is 0 Å². The number of oxime groups is 1. The number of rotatable bonds is 2. The second-order valence-electron chi connectivity index (χ2n) is 4.24. The second-order valence-corrected chi connectivity index (χ2v) is 4.24. The molecule has 1 fully saturated rings. The van der Waals surface area contributed by atoms with Crippen LogP contribution < -0.4 is 0 Å². The molecule has 0 aromatic carbocycles. The number of esters is 1. The normalized spacial score (nSPS) is 27.0. The van der Waals surface area contributed by atoms with Gasteiger partial charge in [0.15, 0.2) is 0 Å². The van der Waals surface area contributed by atoms with Gasteiger partial charge in [-0.3, -0.25) is 0 Å². The summed E-state index contributed by atoms with van der Waals surface area (Å²) in [5.74, 6) is 0.220. The van der Waals surface area contributed by atoms with E-state index >= 15 is 0 Å². The van der Waals surface area contributed by atoms with Crippen molar-refractivity contribution in [2.24, 2.45) is 11.1 Å². The van der Waals surface area contributed by atoms with Gasteiger partial charge < -0.3 is 9.57 Å². The molecule has 15 heavy (non-hydrogen) atoms. The molecule has 1 heterocycles. The molecule has 2 aliphatic rings. The van der Waals surface area contributed by atoms with Crippen molar-refractivity contribution in [1.82, 2.24) is 0 Å². The number of carbonyl (C=O) groups is 1. The lowest BCUT2D eigenvalue weighted by atomic mass is 9.84. The molecule has 1 aliphatic heterocycles. The smallest absolute Gasteiger partial charge is 0.350 e. The summed E-state index contributed by atoms with van der Waals surface area (Å²) in [6.45, 7) is 0. The van der Waals surface area contributed by atoms with Crippen LogP contribution in [0, 0.1) is 5.92 Å². The van der Waals surface area contributed by atoms with Crippen LogP contribution in [-0.4, -0.2) is 24.9 Å². The van der Waals surface area contributed by atoms with E-state index in [9.17, 15) is 4.79 Å². The lowest BCUT2D eigenvalue weighted by Gasteiger charge is -2.20. The van der Waals surface area contributed by atoms with Crippen LogP contribution in [0.5, 0.6) is 0 Å². The van der Waals surface area contributed by atoms with Gasteiger partial charge in [0.25, 0.3) is 0 Å². The molecule has 84 valence electrons. The molecule has 0 saturated heterocycles. The van der Waals surface area contributed by atoms with E-state index in [0.717, 1.165) is 5.71 Å². The average Bonchev–Trinajstić information content (AvgIpc) is 2.78. The van der Waals surface area contributed by atoms with E-state index in [1.54, 1.807) is 0 Å². The Hall–Kier alpha value is -1.06. The Balaban J connectivity index is 1.88. The van der Waals surface area contributed by atoms with Crippen molar-refractivity contribution in [2.75, 3.05) is 7.11 Å². The summed E-state index contributed by atoms with van der Waals surface area (Å²) in [6, 6.07) is 0. The van der Waals surface area contributed by atoms with Crippen molar-refractivity contribution in [3.63, 3.8) is 0 Å². The summed E-state index contributed by atoms with van der Waals surface area (Å²) in [4.78, 5) is 16.3. The summed E-state index contributed by atoms with van der Waals surface area (Å²) in [5, 5.41) is 4.03. The predicted molar refractivity (Wildman–Crippen MR) is 55.5 cm³/mol. The number of nitrogens with zero attached hydrogens (tertiary/aromatic N) is 1. The maximum Gasteiger partial charge on any atom is 0.350 e.